The molecule has 0 aliphatic carbocycles. The summed E-state index contributed by atoms with van der Waals surface area (Å²) in [5.41, 5.74) is 5.72. The van der Waals surface area contributed by atoms with Crippen LogP contribution in [-0.4, -0.2) is 39.4 Å². The zero-order valence-corrected chi connectivity index (χ0v) is 12.6. The summed E-state index contributed by atoms with van der Waals surface area (Å²) in [5, 5.41) is 12.1. The Kier molecular flexibility index (Phi) is 7.00. The summed E-state index contributed by atoms with van der Waals surface area (Å²) in [6, 6.07) is 0. The van der Waals surface area contributed by atoms with Gasteiger partial charge in [0.05, 0.1) is 0 Å². The zero-order valence-electron chi connectivity index (χ0n) is 12.6. The molecule has 7 heteroatoms. The van der Waals surface area contributed by atoms with Crippen molar-refractivity contribution in [3.8, 4) is 0 Å². The molecular formula is C13H26N6O. The van der Waals surface area contributed by atoms with E-state index in [1.807, 2.05) is 0 Å². The second kappa shape index (κ2) is 8.52. The average Bonchev–Trinajstić information content (AvgIpc) is 2.37. The number of nitrogen functional groups attached to an aromatic ring is 1. The van der Waals surface area contributed by atoms with Crippen LogP contribution in [0.25, 0.3) is 0 Å². The number of aliphatic hydroxyl groups excluding tert-OH is 1. The van der Waals surface area contributed by atoms with E-state index in [4.69, 9.17) is 5.73 Å². The van der Waals surface area contributed by atoms with E-state index in [-0.39, 0.29) is 5.95 Å². The Hall–Kier alpha value is -1.63. The lowest BCUT2D eigenvalue weighted by atomic mass is 10.3. The molecule has 114 valence electrons. The van der Waals surface area contributed by atoms with Crippen LogP contribution in [0.15, 0.2) is 0 Å². The number of unbranched alkanes of at least 4 members (excludes halogenated alkanes) is 2. The minimum Gasteiger partial charge on any atom is -0.374 e. The predicted octanol–water partition coefficient (Wildman–Crippen LogP) is 1.61. The molecule has 0 aliphatic heterocycles. The molecule has 0 bridgehead atoms. The number of nitrogens with two attached hydrogens (primary N) is 1. The monoisotopic (exact) mass is 282 g/mol. The molecule has 7 nitrogen and oxygen atoms in total. The third-order valence-electron chi connectivity index (χ3n) is 2.82. The molecule has 1 unspecified atom stereocenters. The van der Waals surface area contributed by atoms with Crippen LogP contribution in [0.2, 0.25) is 0 Å². The molecular weight excluding hydrogens is 256 g/mol. The van der Waals surface area contributed by atoms with Gasteiger partial charge in [0.25, 0.3) is 0 Å². The highest BCUT2D eigenvalue weighted by Gasteiger charge is 2.12. The van der Waals surface area contributed by atoms with Gasteiger partial charge >= 0.3 is 0 Å². The van der Waals surface area contributed by atoms with E-state index in [1.54, 1.807) is 6.92 Å². The van der Waals surface area contributed by atoms with Gasteiger partial charge in [0.1, 0.15) is 6.23 Å². The molecule has 1 heterocycles. The van der Waals surface area contributed by atoms with Crippen molar-refractivity contribution in [1.29, 1.82) is 0 Å². The van der Waals surface area contributed by atoms with Crippen LogP contribution < -0.4 is 16.0 Å². The smallest absolute Gasteiger partial charge is 0.231 e. The van der Waals surface area contributed by atoms with Gasteiger partial charge in [0.15, 0.2) is 0 Å². The highest BCUT2D eigenvalue weighted by molar-refractivity contribution is 5.41. The summed E-state index contributed by atoms with van der Waals surface area (Å²) < 4.78 is 0. The van der Waals surface area contributed by atoms with E-state index in [0.29, 0.717) is 11.9 Å². The minimum absolute atomic E-state index is 0.163. The van der Waals surface area contributed by atoms with E-state index in [9.17, 15) is 5.11 Å². The Labute approximate surface area is 120 Å². The van der Waals surface area contributed by atoms with Gasteiger partial charge in [-0.1, -0.05) is 26.7 Å². The van der Waals surface area contributed by atoms with Crippen molar-refractivity contribution >= 4 is 17.8 Å². The third kappa shape index (κ3) is 5.56. The zero-order chi connectivity index (χ0) is 15.0. The van der Waals surface area contributed by atoms with Crippen molar-refractivity contribution in [2.45, 2.75) is 52.7 Å². The summed E-state index contributed by atoms with van der Waals surface area (Å²) in [7, 11) is 0. The molecule has 0 aromatic carbocycles. The summed E-state index contributed by atoms with van der Waals surface area (Å²) in [4.78, 5) is 14.6. The topological polar surface area (TPSA) is 100 Å². The number of rotatable bonds is 9. The normalized spacial score (nSPS) is 12.2. The van der Waals surface area contributed by atoms with E-state index in [0.717, 1.165) is 38.8 Å². The van der Waals surface area contributed by atoms with Gasteiger partial charge in [-0.25, -0.2) is 0 Å². The molecule has 1 aromatic rings. The number of hydrogen-bond acceptors (Lipinski definition) is 7. The second-order valence-electron chi connectivity index (χ2n) is 4.83. The lowest BCUT2D eigenvalue weighted by molar-refractivity contribution is 0.223. The van der Waals surface area contributed by atoms with Crippen molar-refractivity contribution in [2.24, 2.45) is 0 Å². The molecule has 4 N–H and O–H groups in total. The maximum Gasteiger partial charge on any atom is 0.231 e. The Morgan fingerprint density at radius 2 is 1.75 bits per heavy atom. The van der Waals surface area contributed by atoms with Crippen LogP contribution in [0.3, 0.4) is 0 Å². The lowest BCUT2D eigenvalue weighted by Crippen LogP contribution is -2.29. The largest absolute Gasteiger partial charge is 0.374 e. The van der Waals surface area contributed by atoms with Crippen molar-refractivity contribution < 1.29 is 5.11 Å². The Balaban J connectivity index is 2.89. The predicted molar refractivity (Wildman–Crippen MR) is 81.6 cm³/mol. The maximum atomic E-state index is 9.34. The SMILES string of the molecule is CCCCN(CCCC)c1nc(N)nc(NC(C)O)n1. The van der Waals surface area contributed by atoms with Crippen molar-refractivity contribution in [3.05, 3.63) is 0 Å². The molecule has 0 aliphatic rings. The van der Waals surface area contributed by atoms with Gasteiger partial charge < -0.3 is 21.1 Å². The van der Waals surface area contributed by atoms with Gasteiger partial charge in [0.2, 0.25) is 17.8 Å². The summed E-state index contributed by atoms with van der Waals surface area (Å²) in [6.45, 7) is 7.70. The second-order valence-corrected chi connectivity index (χ2v) is 4.83. The van der Waals surface area contributed by atoms with Crippen LogP contribution in [0.5, 0.6) is 0 Å². The highest BCUT2D eigenvalue weighted by Crippen LogP contribution is 2.14. The molecule has 0 saturated carbocycles. The van der Waals surface area contributed by atoms with Crippen LogP contribution in [0, 0.1) is 0 Å². The first-order valence-electron chi connectivity index (χ1n) is 7.27. The number of hydrogen-bond donors (Lipinski definition) is 3. The standard InChI is InChI=1S/C13H26N6O/c1-4-6-8-19(9-7-5-2)13-17-11(14)16-12(18-13)15-10(3)20/h10,20H,4-9H2,1-3H3,(H3,14,15,16,17,18). The molecule has 1 aromatic heterocycles. The number of aromatic nitrogens is 3. The fourth-order valence-electron chi connectivity index (χ4n) is 1.78. The number of nitrogens with zero attached hydrogens (tertiary/aromatic N) is 4. The highest BCUT2D eigenvalue weighted by atomic mass is 16.3. The minimum atomic E-state index is -0.732. The van der Waals surface area contributed by atoms with Gasteiger partial charge in [-0.15, -0.1) is 0 Å². The fourth-order valence-corrected chi connectivity index (χ4v) is 1.78. The molecule has 1 atom stereocenters. The van der Waals surface area contributed by atoms with Crippen molar-refractivity contribution in [3.63, 3.8) is 0 Å². The first kappa shape index (κ1) is 16.4. The third-order valence-corrected chi connectivity index (χ3v) is 2.82. The molecule has 0 fully saturated rings. The van der Waals surface area contributed by atoms with Crippen LogP contribution in [0.4, 0.5) is 17.8 Å². The molecule has 0 saturated heterocycles. The Morgan fingerprint density at radius 1 is 1.15 bits per heavy atom. The lowest BCUT2D eigenvalue weighted by Gasteiger charge is -2.22. The van der Waals surface area contributed by atoms with Crippen LogP contribution >= 0.6 is 0 Å². The summed E-state index contributed by atoms with van der Waals surface area (Å²) in [6.07, 6.45) is 3.65. The average molecular weight is 282 g/mol. The first-order chi connectivity index (χ1) is 9.56. The number of nitrogens with one attached hydrogen (secondary N) is 1. The molecule has 0 amide bonds. The van der Waals surface area contributed by atoms with Gasteiger partial charge in [-0.05, 0) is 19.8 Å². The van der Waals surface area contributed by atoms with E-state index in [1.165, 1.54) is 0 Å². The molecule has 20 heavy (non-hydrogen) atoms. The van der Waals surface area contributed by atoms with Gasteiger partial charge in [-0.2, -0.15) is 15.0 Å². The molecule has 0 radical (unpaired) electrons. The first-order valence-corrected chi connectivity index (χ1v) is 7.27. The van der Waals surface area contributed by atoms with Crippen LogP contribution in [0.1, 0.15) is 46.5 Å². The summed E-state index contributed by atoms with van der Waals surface area (Å²) >= 11 is 0. The van der Waals surface area contributed by atoms with Gasteiger partial charge in [-0.3, -0.25) is 0 Å². The van der Waals surface area contributed by atoms with E-state index in [2.05, 4.69) is 39.0 Å². The van der Waals surface area contributed by atoms with E-state index < -0.39 is 6.23 Å². The van der Waals surface area contributed by atoms with Crippen molar-refractivity contribution in [2.75, 3.05) is 29.0 Å². The fraction of sp³-hybridized carbons (Fsp3) is 0.769. The Morgan fingerprint density at radius 3 is 2.25 bits per heavy atom. The van der Waals surface area contributed by atoms with Crippen LogP contribution in [-0.2, 0) is 0 Å². The quantitative estimate of drug-likeness (QED) is 0.591. The summed E-state index contributed by atoms with van der Waals surface area (Å²) in [5.74, 6) is 1.04. The maximum absolute atomic E-state index is 9.34. The van der Waals surface area contributed by atoms with E-state index >= 15 is 0 Å². The Bertz CT molecular complexity index is 390. The number of anilines is 3. The molecule has 1 rings (SSSR count). The molecule has 0 spiro atoms. The number of aliphatic hydroxyl groups is 1. The van der Waals surface area contributed by atoms with Gasteiger partial charge in [0, 0.05) is 13.1 Å². The van der Waals surface area contributed by atoms with Crippen molar-refractivity contribution in [1.82, 2.24) is 15.0 Å².